The van der Waals surface area contributed by atoms with E-state index in [1.165, 1.54) is 11.3 Å². The highest BCUT2D eigenvalue weighted by atomic mass is 79.9. The zero-order valence-corrected chi connectivity index (χ0v) is 12.7. The van der Waals surface area contributed by atoms with Gasteiger partial charge >= 0.3 is 0 Å². The summed E-state index contributed by atoms with van der Waals surface area (Å²) in [5, 5.41) is 4.72. The zero-order valence-electron chi connectivity index (χ0n) is 8.67. The van der Waals surface area contributed by atoms with Gasteiger partial charge in [-0.3, -0.25) is 4.79 Å². The minimum atomic E-state index is -0.118. The van der Waals surface area contributed by atoms with E-state index < -0.39 is 0 Å². The molecule has 1 aromatic carbocycles. The van der Waals surface area contributed by atoms with Crippen molar-refractivity contribution in [2.24, 2.45) is 0 Å². The predicted octanol–water partition coefficient (Wildman–Crippen LogP) is 4.71. The van der Waals surface area contributed by atoms with E-state index in [1.54, 1.807) is 6.07 Å². The third-order valence-electron chi connectivity index (χ3n) is 2.12. The van der Waals surface area contributed by atoms with Gasteiger partial charge in [-0.15, -0.1) is 11.3 Å². The SMILES string of the molecule is [CH2]c1cc(Br)cc(Br)c1NC(=O)c1cccs1. The molecule has 0 aliphatic rings. The Morgan fingerprint density at radius 2 is 2.12 bits per heavy atom. The molecule has 17 heavy (non-hydrogen) atoms. The van der Waals surface area contributed by atoms with Crippen LogP contribution in [-0.4, -0.2) is 5.91 Å². The lowest BCUT2D eigenvalue weighted by molar-refractivity contribution is 0.103. The van der Waals surface area contributed by atoms with Crippen molar-refractivity contribution < 1.29 is 4.79 Å². The molecule has 1 amide bonds. The first-order valence-corrected chi connectivity index (χ1v) is 7.20. The summed E-state index contributed by atoms with van der Waals surface area (Å²) in [6.45, 7) is 3.91. The van der Waals surface area contributed by atoms with Crippen molar-refractivity contribution >= 4 is 54.8 Å². The number of carbonyl (C=O) groups excluding carboxylic acids is 1. The maximum Gasteiger partial charge on any atom is 0.265 e. The number of rotatable bonds is 2. The molecule has 1 N–H and O–H groups in total. The lowest BCUT2D eigenvalue weighted by Gasteiger charge is -2.10. The van der Waals surface area contributed by atoms with Gasteiger partial charge in [0.2, 0.25) is 0 Å². The van der Waals surface area contributed by atoms with E-state index in [1.807, 2.05) is 23.6 Å². The second-order valence-electron chi connectivity index (χ2n) is 3.35. The molecule has 0 saturated heterocycles. The topological polar surface area (TPSA) is 29.1 Å². The van der Waals surface area contributed by atoms with Gasteiger partial charge in [0, 0.05) is 8.95 Å². The van der Waals surface area contributed by atoms with E-state index in [9.17, 15) is 4.79 Å². The fraction of sp³-hybridized carbons (Fsp3) is 0. The predicted molar refractivity (Wildman–Crippen MR) is 78.6 cm³/mol. The van der Waals surface area contributed by atoms with Crippen LogP contribution in [0.25, 0.3) is 0 Å². The molecular weight excluding hydrogens is 366 g/mol. The standard InChI is InChI=1S/C12H8Br2NOS/c1-7-5-8(13)6-9(14)11(7)15-12(16)10-3-2-4-17-10/h2-6H,1H2,(H,15,16). The third-order valence-corrected chi connectivity index (χ3v) is 4.07. The van der Waals surface area contributed by atoms with Crippen LogP contribution in [-0.2, 0) is 0 Å². The van der Waals surface area contributed by atoms with Crippen molar-refractivity contribution in [1.82, 2.24) is 0 Å². The molecule has 1 aromatic heterocycles. The van der Waals surface area contributed by atoms with Crippen molar-refractivity contribution in [2.45, 2.75) is 0 Å². The molecule has 0 aliphatic carbocycles. The molecule has 2 rings (SSSR count). The highest BCUT2D eigenvalue weighted by Gasteiger charge is 2.11. The zero-order chi connectivity index (χ0) is 12.4. The molecule has 2 aromatic rings. The quantitative estimate of drug-likeness (QED) is 0.811. The Bertz CT molecular complexity index is 529. The summed E-state index contributed by atoms with van der Waals surface area (Å²) >= 11 is 8.19. The smallest absolute Gasteiger partial charge is 0.265 e. The number of thiophene rings is 1. The van der Waals surface area contributed by atoms with E-state index >= 15 is 0 Å². The number of benzene rings is 1. The Kier molecular flexibility index (Phi) is 4.01. The van der Waals surface area contributed by atoms with Gasteiger partial charge in [-0.05, 0) is 52.0 Å². The van der Waals surface area contributed by atoms with E-state index in [0.29, 0.717) is 10.6 Å². The van der Waals surface area contributed by atoms with Crippen LogP contribution in [0.5, 0.6) is 0 Å². The first-order chi connectivity index (χ1) is 8.08. The van der Waals surface area contributed by atoms with Crippen molar-refractivity contribution in [3.63, 3.8) is 0 Å². The molecule has 0 aliphatic heterocycles. The second kappa shape index (κ2) is 5.33. The van der Waals surface area contributed by atoms with Crippen LogP contribution in [0.4, 0.5) is 5.69 Å². The number of hydrogen-bond donors (Lipinski definition) is 1. The van der Waals surface area contributed by atoms with Crippen LogP contribution in [0.2, 0.25) is 0 Å². The second-order valence-corrected chi connectivity index (χ2v) is 6.07. The number of carbonyl (C=O) groups is 1. The van der Waals surface area contributed by atoms with Crippen molar-refractivity contribution in [3.05, 3.63) is 56.0 Å². The molecule has 5 heteroatoms. The fourth-order valence-corrected chi connectivity index (χ4v) is 3.38. The van der Waals surface area contributed by atoms with Gasteiger partial charge in [0.25, 0.3) is 5.91 Å². The van der Waals surface area contributed by atoms with Crippen molar-refractivity contribution in [1.29, 1.82) is 0 Å². The minimum absolute atomic E-state index is 0.118. The van der Waals surface area contributed by atoms with Gasteiger partial charge in [-0.2, -0.15) is 0 Å². The molecule has 1 radical (unpaired) electrons. The Morgan fingerprint density at radius 3 is 2.71 bits per heavy atom. The maximum absolute atomic E-state index is 11.9. The van der Waals surface area contributed by atoms with Crippen LogP contribution in [0, 0.1) is 6.92 Å². The maximum atomic E-state index is 11.9. The molecule has 0 spiro atoms. The summed E-state index contributed by atoms with van der Waals surface area (Å²) in [6, 6.07) is 7.37. The third kappa shape index (κ3) is 2.97. The summed E-state index contributed by atoms with van der Waals surface area (Å²) < 4.78 is 1.73. The molecule has 87 valence electrons. The number of hydrogen-bond acceptors (Lipinski definition) is 2. The molecule has 2 nitrogen and oxygen atoms in total. The first kappa shape index (κ1) is 12.8. The lowest BCUT2D eigenvalue weighted by Crippen LogP contribution is -2.11. The molecule has 0 saturated carbocycles. The minimum Gasteiger partial charge on any atom is -0.320 e. The summed E-state index contributed by atoms with van der Waals surface area (Å²) in [7, 11) is 0. The van der Waals surface area contributed by atoms with Gasteiger partial charge < -0.3 is 5.32 Å². The highest BCUT2D eigenvalue weighted by Crippen LogP contribution is 2.30. The van der Waals surface area contributed by atoms with Crippen LogP contribution in [0.1, 0.15) is 15.2 Å². The van der Waals surface area contributed by atoms with Crippen LogP contribution < -0.4 is 5.32 Å². The van der Waals surface area contributed by atoms with E-state index in [4.69, 9.17) is 0 Å². The average molecular weight is 374 g/mol. The normalized spacial score (nSPS) is 10.3. The Morgan fingerprint density at radius 1 is 1.35 bits per heavy atom. The fourth-order valence-electron chi connectivity index (χ4n) is 1.35. The summed E-state index contributed by atoms with van der Waals surface area (Å²) in [4.78, 5) is 12.6. The average Bonchev–Trinajstić information content (AvgIpc) is 2.76. The van der Waals surface area contributed by atoms with Crippen LogP contribution >= 0.6 is 43.2 Å². The van der Waals surface area contributed by atoms with Crippen molar-refractivity contribution in [3.8, 4) is 0 Å². The lowest BCUT2D eigenvalue weighted by atomic mass is 10.2. The molecule has 0 bridgehead atoms. The molecule has 1 heterocycles. The number of anilines is 1. The Labute approximate surface area is 120 Å². The Hall–Kier alpha value is -0.650. The van der Waals surface area contributed by atoms with Gasteiger partial charge in [-0.25, -0.2) is 0 Å². The summed E-state index contributed by atoms with van der Waals surface area (Å²) in [5.41, 5.74) is 1.46. The van der Waals surface area contributed by atoms with Gasteiger partial charge in [0.05, 0.1) is 10.6 Å². The summed E-state index contributed by atoms with van der Waals surface area (Å²) in [5.74, 6) is -0.118. The van der Waals surface area contributed by atoms with Crippen LogP contribution in [0.3, 0.4) is 0 Å². The molecule has 0 unspecified atom stereocenters. The van der Waals surface area contributed by atoms with Gasteiger partial charge in [0.15, 0.2) is 0 Å². The van der Waals surface area contributed by atoms with Crippen LogP contribution in [0.15, 0.2) is 38.6 Å². The first-order valence-electron chi connectivity index (χ1n) is 4.74. The highest BCUT2D eigenvalue weighted by molar-refractivity contribution is 9.11. The summed E-state index contributed by atoms with van der Waals surface area (Å²) in [6.07, 6.45) is 0. The largest absolute Gasteiger partial charge is 0.320 e. The number of halogens is 2. The van der Waals surface area contributed by atoms with Gasteiger partial charge in [-0.1, -0.05) is 22.0 Å². The Balaban J connectivity index is 2.28. The van der Waals surface area contributed by atoms with E-state index in [-0.39, 0.29) is 5.91 Å². The molecule has 0 atom stereocenters. The number of nitrogens with one attached hydrogen (secondary N) is 1. The van der Waals surface area contributed by atoms with Crippen molar-refractivity contribution in [2.75, 3.05) is 5.32 Å². The van der Waals surface area contributed by atoms with E-state index in [2.05, 4.69) is 44.1 Å². The number of amides is 1. The van der Waals surface area contributed by atoms with E-state index in [0.717, 1.165) is 14.5 Å². The monoisotopic (exact) mass is 372 g/mol. The molecule has 0 fully saturated rings. The van der Waals surface area contributed by atoms with Gasteiger partial charge in [0.1, 0.15) is 0 Å². The molecular formula is C12H8Br2NOS.